The zero-order chi connectivity index (χ0) is 13.2. The molecule has 3 heteroatoms. The number of hydrogen-bond acceptors (Lipinski definition) is 1. The number of hydrogen-bond donors (Lipinski definition) is 0. The van der Waals surface area contributed by atoms with Gasteiger partial charge in [0.2, 0.25) is 0 Å². The van der Waals surface area contributed by atoms with E-state index in [4.69, 9.17) is 16.3 Å². The molecule has 0 unspecified atom stereocenters. The zero-order valence-electron chi connectivity index (χ0n) is 10.6. The average molecular weight is 269 g/mol. The first-order chi connectivity index (χ1) is 8.77. The fraction of sp³-hybridized carbons (Fsp3) is 0.467. The van der Waals surface area contributed by atoms with Crippen LogP contribution in [-0.4, -0.2) is 12.5 Å². The molecule has 1 nitrogen and oxygen atoms in total. The fourth-order valence-electron chi connectivity index (χ4n) is 1.43. The number of halogens is 2. The van der Waals surface area contributed by atoms with Crippen LogP contribution < -0.4 is 4.74 Å². The number of ether oxygens (including phenoxy) is 1. The first-order valence-corrected chi connectivity index (χ1v) is 6.78. The first-order valence-electron chi connectivity index (χ1n) is 6.25. The maximum Gasteiger partial charge on any atom is 0.142 e. The van der Waals surface area contributed by atoms with E-state index < -0.39 is 0 Å². The second-order valence-electron chi connectivity index (χ2n) is 3.94. The third-order valence-corrected chi connectivity index (χ3v) is 2.59. The molecule has 0 saturated heterocycles. The van der Waals surface area contributed by atoms with Gasteiger partial charge in [-0.3, -0.25) is 0 Å². The third kappa shape index (κ3) is 5.42. The van der Waals surface area contributed by atoms with E-state index in [1.54, 1.807) is 12.1 Å². The highest BCUT2D eigenvalue weighted by atomic mass is 35.5. The molecule has 0 aliphatic carbocycles. The highest BCUT2D eigenvalue weighted by molar-refractivity contribution is 6.18. The summed E-state index contributed by atoms with van der Waals surface area (Å²) in [5.74, 6) is 6.25. The maximum atomic E-state index is 13.6. The predicted octanol–water partition coefficient (Wildman–Crippen LogP) is 4.38. The van der Waals surface area contributed by atoms with Gasteiger partial charge in [0.15, 0.2) is 0 Å². The lowest BCUT2D eigenvalue weighted by atomic mass is 10.2. The molecular weight excluding hydrogens is 251 g/mol. The van der Waals surface area contributed by atoms with Gasteiger partial charge in [-0.1, -0.05) is 31.6 Å². The van der Waals surface area contributed by atoms with Crippen LogP contribution >= 0.6 is 11.6 Å². The molecule has 0 spiro atoms. The van der Waals surface area contributed by atoms with Crippen molar-refractivity contribution in [3.8, 4) is 17.6 Å². The Morgan fingerprint density at radius 3 is 2.83 bits per heavy atom. The highest BCUT2D eigenvalue weighted by Crippen LogP contribution is 2.16. The summed E-state index contributed by atoms with van der Waals surface area (Å²) in [6.45, 7) is 2.76. The van der Waals surface area contributed by atoms with Crippen LogP contribution in [-0.2, 0) is 0 Å². The zero-order valence-corrected chi connectivity index (χ0v) is 11.4. The molecule has 0 amide bonds. The second kappa shape index (κ2) is 8.83. The number of alkyl halides is 1. The van der Waals surface area contributed by atoms with Crippen LogP contribution in [0.2, 0.25) is 0 Å². The Morgan fingerprint density at radius 1 is 1.33 bits per heavy atom. The minimum atomic E-state index is -0.343. The second-order valence-corrected chi connectivity index (χ2v) is 4.32. The lowest BCUT2D eigenvalue weighted by Gasteiger charge is -2.06. The summed E-state index contributed by atoms with van der Waals surface area (Å²) in [5.41, 5.74) is 0.390. The van der Waals surface area contributed by atoms with Crippen molar-refractivity contribution in [1.82, 2.24) is 0 Å². The molecule has 1 aromatic carbocycles. The van der Waals surface area contributed by atoms with E-state index in [0.717, 1.165) is 19.3 Å². The quantitative estimate of drug-likeness (QED) is 0.423. The van der Waals surface area contributed by atoms with Gasteiger partial charge in [-0.25, -0.2) is 4.39 Å². The van der Waals surface area contributed by atoms with E-state index in [2.05, 4.69) is 18.8 Å². The molecule has 1 rings (SSSR count). The van der Waals surface area contributed by atoms with Gasteiger partial charge in [-0.05, 0) is 18.6 Å². The smallest absolute Gasteiger partial charge is 0.142 e. The lowest BCUT2D eigenvalue weighted by Crippen LogP contribution is -1.97. The van der Waals surface area contributed by atoms with Gasteiger partial charge in [-0.2, -0.15) is 0 Å². The van der Waals surface area contributed by atoms with Gasteiger partial charge >= 0.3 is 0 Å². The molecule has 0 atom stereocenters. The number of rotatable bonds is 6. The van der Waals surface area contributed by atoms with Crippen LogP contribution in [0, 0.1) is 17.7 Å². The predicted molar refractivity (Wildman–Crippen MR) is 73.6 cm³/mol. The van der Waals surface area contributed by atoms with Crippen molar-refractivity contribution in [1.29, 1.82) is 0 Å². The summed E-state index contributed by atoms with van der Waals surface area (Å²) in [4.78, 5) is 0. The monoisotopic (exact) mass is 268 g/mol. The molecule has 18 heavy (non-hydrogen) atoms. The Hall–Kier alpha value is -1.20. The van der Waals surface area contributed by atoms with E-state index in [-0.39, 0.29) is 5.82 Å². The summed E-state index contributed by atoms with van der Waals surface area (Å²) in [5, 5.41) is 0. The molecule has 0 saturated carbocycles. The molecule has 0 radical (unpaired) electrons. The summed E-state index contributed by atoms with van der Waals surface area (Å²) < 4.78 is 19.1. The van der Waals surface area contributed by atoms with Crippen molar-refractivity contribution in [2.24, 2.45) is 0 Å². The highest BCUT2D eigenvalue weighted by Gasteiger charge is 2.01. The van der Waals surface area contributed by atoms with Crippen molar-refractivity contribution in [3.63, 3.8) is 0 Å². The Labute approximate surface area is 113 Å². The van der Waals surface area contributed by atoms with Crippen molar-refractivity contribution < 1.29 is 9.13 Å². The first kappa shape index (κ1) is 14.9. The van der Waals surface area contributed by atoms with Gasteiger partial charge in [0, 0.05) is 18.4 Å². The summed E-state index contributed by atoms with van der Waals surface area (Å²) >= 11 is 5.50. The van der Waals surface area contributed by atoms with Crippen molar-refractivity contribution in [2.75, 3.05) is 12.5 Å². The van der Waals surface area contributed by atoms with Crippen LogP contribution in [0.5, 0.6) is 5.75 Å². The van der Waals surface area contributed by atoms with E-state index in [1.165, 1.54) is 6.07 Å². The van der Waals surface area contributed by atoms with E-state index in [1.807, 2.05) is 0 Å². The molecule has 1 aromatic rings. The molecule has 0 bridgehead atoms. The Bertz CT molecular complexity index is 420. The minimum absolute atomic E-state index is 0.343. The fourth-order valence-corrected chi connectivity index (χ4v) is 1.53. The third-order valence-electron chi connectivity index (χ3n) is 2.40. The molecule has 0 aliphatic heterocycles. The summed E-state index contributed by atoms with van der Waals surface area (Å²) in [6.07, 6.45) is 3.84. The maximum absolute atomic E-state index is 13.6. The molecule has 0 fully saturated rings. The summed E-state index contributed by atoms with van der Waals surface area (Å²) in [6, 6.07) is 4.78. The molecule has 0 N–H and O–H groups in total. The topological polar surface area (TPSA) is 9.23 Å². The Balaban J connectivity index is 2.54. The van der Waals surface area contributed by atoms with E-state index in [9.17, 15) is 4.39 Å². The molecule has 0 aromatic heterocycles. The standard InChI is InChI=1S/C15H18ClFO/c1-2-3-6-11-18-14-9-8-13(15(17)12-14)7-4-5-10-16/h8-9,12H,2-3,5-6,10-11H2,1H3. The Kier molecular flexibility index (Phi) is 7.29. The number of unbranched alkanes of at least 4 members (excludes halogenated alkanes) is 2. The molecule has 0 aliphatic rings. The van der Waals surface area contributed by atoms with Gasteiger partial charge in [0.05, 0.1) is 12.2 Å². The molecule has 0 heterocycles. The van der Waals surface area contributed by atoms with Crippen LogP contribution in [0.25, 0.3) is 0 Å². The summed E-state index contributed by atoms with van der Waals surface area (Å²) in [7, 11) is 0. The lowest BCUT2D eigenvalue weighted by molar-refractivity contribution is 0.305. The van der Waals surface area contributed by atoms with Crippen LogP contribution in [0.1, 0.15) is 38.2 Å². The van der Waals surface area contributed by atoms with Gasteiger partial charge in [0.1, 0.15) is 11.6 Å². The Morgan fingerprint density at radius 2 is 2.17 bits per heavy atom. The normalized spacial score (nSPS) is 9.72. The average Bonchev–Trinajstić information content (AvgIpc) is 2.37. The van der Waals surface area contributed by atoms with Gasteiger partial charge in [-0.15, -0.1) is 11.6 Å². The van der Waals surface area contributed by atoms with Gasteiger partial charge < -0.3 is 4.74 Å². The largest absolute Gasteiger partial charge is 0.493 e. The van der Waals surface area contributed by atoms with Crippen molar-refractivity contribution in [3.05, 3.63) is 29.6 Å². The SMILES string of the molecule is CCCCCOc1ccc(C#CCCCl)c(F)c1. The molecule has 98 valence electrons. The minimum Gasteiger partial charge on any atom is -0.493 e. The van der Waals surface area contributed by atoms with Crippen LogP contribution in [0.15, 0.2) is 18.2 Å². The van der Waals surface area contributed by atoms with Crippen LogP contribution in [0.4, 0.5) is 4.39 Å². The molecular formula is C15H18ClFO. The van der Waals surface area contributed by atoms with Crippen molar-refractivity contribution in [2.45, 2.75) is 32.6 Å². The van der Waals surface area contributed by atoms with Crippen molar-refractivity contribution >= 4 is 11.6 Å². The van der Waals surface area contributed by atoms with Gasteiger partial charge in [0.25, 0.3) is 0 Å². The van der Waals surface area contributed by atoms with E-state index in [0.29, 0.717) is 30.2 Å². The van der Waals surface area contributed by atoms with Crippen LogP contribution in [0.3, 0.4) is 0 Å². The number of benzene rings is 1. The van der Waals surface area contributed by atoms with E-state index >= 15 is 0 Å².